The van der Waals surface area contributed by atoms with E-state index < -0.39 is 18.2 Å². The Morgan fingerprint density at radius 3 is 2.73 bits per heavy atom. The number of benzene rings is 1. The number of hydrogen-bond donors (Lipinski definition) is 2. The summed E-state index contributed by atoms with van der Waals surface area (Å²) in [5.74, 6) is 0.699. The lowest BCUT2D eigenvalue weighted by Crippen LogP contribution is -2.35. The SMILES string of the molecule is Cc1cc(Cl)cc(CC[C@H]2CC[C@@H](Cl)[C@@H]2CCCc2ccc(C(=O)OCC(C)(O)CO)s2)c1. The molecule has 4 atom stereocenters. The maximum absolute atomic E-state index is 12.2. The molecule has 1 fully saturated rings. The standard InChI is InChI=1S/C26H34Cl2O4S/c1-17-12-18(14-20(27)13-17)6-7-19-8-10-23(28)22(19)5-3-4-21-9-11-24(33-21)25(30)32-16-26(2,31)15-29/h9,11-14,19,22-23,29,31H,3-8,10,15-16H2,1-2H3/t19-,22+,23+,26?/m0/s1. The van der Waals surface area contributed by atoms with E-state index in [4.69, 9.17) is 33.0 Å². The molecule has 0 radical (unpaired) electrons. The van der Waals surface area contributed by atoms with Crippen molar-refractivity contribution >= 4 is 40.5 Å². The number of aliphatic hydroxyl groups is 2. The first-order valence-electron chi connectivity index (χ1n) is 11.7. The molecule has 0 saturated heterocycles. The Kier molecular flexibility index (Phi) is 9.66. The summed E-state index contributed by atoms with van der Waals surface area (Å²) >= 11 is 14.3. The molecule has 1 unspecified atom stereocenters. The molecule has 1 aromatic heterocycles. The van der Waals surface area contributed by atoms with E-state index in [0.29, 0.717) is 16.7 Å². The van der Waals surface area contributed by atoms with Crippen molar-refractivity contribution in [2.24, 2.45) is 11.8 Å². The van der Waals surface area contributed by atoms with Gasteiger partial charge in [-0.1, -0.05) is 17.7 Å². The first-order valence-corrected chi connectivity index (χ1v) is 13.3. The maximum Gasteiger partial charge on any atom is 0.348 e. The van der Waals surface area contributed by atoms with Crippen LogP contribution in [0.15, 0.2) is 30.3 Å². The van der Waals surface area contributed by atoms with E-state index in [-0.39, 0.29) is 12.0 Å². The minimum absolute atomic E-state index is 0.232. The van der Waals surface area contributed by atoms with Crippen LogP contribution in [0, 0.1) is 18.8 Å². The molecule has 1 heterocycles. The number of halogens is 2. The molecule has 182 valence electrons. The minimum atomic E-state index is -1.42. The Labute approximate surface area is 210 Å². The molecule has 2 aromatic rings. The lowest BCUT2D eigenvalue weighted by atomic mass is 9.86. The number of aryl methyl sites for hydroxylation is 3. The number of aliphatic hydroxyl groups excluding tert-OH is 1. The summed E-state index contributed by atoms with van der Waals surface area (Å²) in [4.78, 5) is 13.9. The third-order valence-corrected chi connectivity index (χ3v) is 8.35. The third kappa shape index (κ3) is 7.97. The van der Waals surface area contributed by atoms with Crippen LogP contribution < -0.4 is 0 Å². The van der Waals surface area contributed by atoms with Gasteiger partial charge >= 0.3 is 5.97 Å². The van der Waals surface area contributed by atoms with Gasteiger partial charge in [-0.25, -0.2) is 4.79 Å². The topological polar surface area (TPSA) is 66.8 Å². The zero-order valence-corrected chi connectivity index (χ0v) is 21.7. The highest BCUT2D eigenvalue weighted by Gasteiger charge is 2.34. The Morgan fingerprint density at radius 2 is 2.00 bits per heavy atom. The first kappa shape index (κ1) is 26.5. The van der Waals surface area contributed by atoms with Crippen molar-refractivity contribution in [3.05, 3.63) is 56.2 Å². The molecule has 33 heavy (non-hydrogen) atoms. The fourth-order valence-corrected chi connectivity index (χ4v) is 6.37. The Hall–Kier alpha value is -1.11. The van der Waals surface area contributed by atoms with Crippen LogP contribution in [0.5, 0.6) is 0 Å². The van der Waals surface area contributed by atoms with E-state index in [2.05, 4.69) is 19.1 Å². The summed E-state index contributed by atoms with van der Waals surface area (Å²) in [6.45, 7) is 2.82. The Morgan fingerprint density at radius 1 is 1.21 bits per heavy atom. The van der Waals surface area contributed by atoms with E-state index in [1.165, 1.54) is 35.8 Å². The van der Waals surface area contributed by atoms with Crippen LogP contribution in [-0.2, 0) is 17.6 Å². The predicted molar refractivity (Wildman–Crippen MR) is 136 cm³/mol. The van der Waals surface area contributed by atoms with Gasteiger partial charge in [-0.15, -0.1) is 22.9 Å². The van der Waals surface area contributed by atoms with E-state index in [1.54, 1.807) is 6.07 Å². The second-order valence-corrected chi connectivity index (χ2v) is 11.7. The molecule has 1 aromatic carbocycles. The van der Waals surface area contributed by atoms with Crippen LogP contribution in [0.4, 0.5) is 0 Å². The van der Waals surface area contributed by atoms with Gasteiger partial charge in [0.05, 0.1) is 6.61 Å². The fraction of sp³-hybridized carbons (Fsp3) is 0.577. The monoisotopic (exact) mass is 512 g/mol. The molecule has 1 aliphatic rings. The number of rotatable bonds is 11. The van der Waals surface area contributed by atoms with E-state index in [1.807, 2.05) is 12.1 Å². The van der Waals surface area contributed by atoms with Gasteiger partial charge in [0.1, 0.15) is 17.1 Å². The highest BCUT2D eigenvalue weighted by molar-refractivity contribution is 7.13. The van der Waals surface area contributed by atoms with Gasteiger partial charge in [-0.3, -0.25) is 0 Å². The van der Waals surface area contributed by atoms with Gasteiger partial charge in [0.25, 0.3) is 0 Å². The number of alkyl halides is 1. The largest absolute Gasteiger partial charge is 0.458 e. The van der Waals surface area contributed by atoms with E-state index >= 15 is 0 Å². The smallest absolute Gasteiger partial charge is 0.348 e. The quantitative estimate of drug-likeness (QED) is 0.277. The highest BCUT2D eigenvalue weighted by atomic mass is 35.5. The lowest BCUT2D eigenvalue weighted by Gasteiger charge is -2.22. The maximum atomic E-state index is 12.2. The number of ether oxygens (including phenoxy) is 1. The number of carbonyl (C=O) groups excluding carboxylic acids is 1. The molecule has 1 saturated carbocycles. The highest BCUT2D eigenvalue weighted by Crippen LogP contribution is 2.41. The summed E-state index contributed by atoms with van der Waals surface area (Å²) in [6.07, 6.45) is 7.47. The van der Waals surface area contributed by atoms with Gasteiger partial charge < -0.3 is 14.9 Å². The number of hydrogen-bond acceptors (Lipinski definition) is 5. The second kappa shape index (κ2) is 12.0. The molecule has 3 rings (SSSR count). The van der Waals surface area contributed by atoms with Crippen LogP contribution in [-0.4, -0.2) is 40.4 Å². The molecular formula is C26H34Cl2O4S. The molecule has 2 N–H and O–H groups in total. The number of carbonyl (C=O) groups is 1. The molecule has 7 heteroatoms. The van der Waals surface area contributed by atoms with Gasteiger partial charge in [-0.2, -0.15) is 0 Å². The molecular weight excluding hydrogens is 479 g/mol. The van der Waals surface area contributed by atoms with Crippen molar-refractivity contribution in [1.82, 2.24) is 0 Å². The number of thiophene rings is 1. The molecule has 4 nitrogen and oxygen atoms in total. The lowest BCUT2D eigenvalue weighted by molar-refractivity contribution is -0.0509. The van der Waals surface area contributed by atoms with Crippen LogP contribution in [0.25, 0.3) is 0 Å². The van der Waals surface area contributed by atoms with Crippen LogP contribution in [0.3, 0.4) is 0 Å². The van der Waals surface area contributed by atoms with Crippen molar-refractivity contribution in [1.29, 1.82) is 0 Å². The Bertz CT molecular complexity index is 907. The predicted octanol–water partition coefficient (Wildman–Crippen LogP) is 6.20. The fourth-order valence-electron chi connectivity index (χ4n) is 4.65. The van der Waals surface area contributed by atoms with Crippen LogP contribution >= 0.6 is 34.5 Å². The average molecular weight is 514 g/mol. The van der Waals surface area contributed by atoms with Gasteiger partial charge in [0.15, 0.2) is 0 Å². The van der Waals surface area contributed by atoms with Crippen molar-refractivity contribution < 1.29 is 19.7 Å². The van der Waals surface area contributed by atoms with Crippen LogP contribution in [0.2, 0.25) is 5.02 Å². The molecule has 0 spiro atoms. The summed E-state index contributed by atoms with van der Waals surface area (Å²) < 4.78 is 5.12. The minimum Gasteiger partial charge on any atom is -0.458 e. The summed E-state index contributed by atoms with van der Waals surface area (Å²) in [6, 6.07) is 10.0. The number of esters is 1. The molecule has 0 amide bonds. The van der Waals surface area contributed by atoms with Crippen molar-refractivity contribution in [3.63, 3.8) is 0 Å². The normalized spacial score (nSPS) is 22.3. The van der Waals surface area contributed by atoms with Crippen molar-refractivity contribution in [2.75, 3.05) is 13.2 Å². The molecule has 0 aliphatic heterocycles. The van der Waals surface area contributed by atoms with Gasteiger partial charge in [-0.05, 0) is 106 Å². The zero-order valence-electron chi connectivity index (χ0n) is 19.4. The first-order chi connectivity index (χ1) is 15.7. The van der Waals surface area contributed by atoms with Crippen molar-refractivity contribution in [3.8, 4) is 0 Å². The van der Waals surface area contributed by atoms with E-state index in [9.17, 15) is 9.90 Å². The summed E-state index contributed by atoms with van der Waals surface area (Å²) in [5, 5.41) is 19.9. The van der Waals surface area contributed by atoms with E-state index in [0.717, 1.165) is 48.4 Å². The zero-order chi connectivity index (χ0) is 24.0. The summed E-state index contributed by atoms with van der Waals surface area (Å²) in [5.41, 5.74) is 1.08. The van der Waals surface area contributed by atoms with Gasteiger partial charge in [0.2, 0.25) is 0 Å². The van der Waals surface area contributed by atoms with Crippen molar-refractivity contribution in [2.45, 2.75) is 69.8 Å². The van der Waals surface area contributed by atoms with Crippen LogP contribution in [0.1, 0.15) is 64.7 Å². The summed E-state index contributed by atoms with van der Waals surface area (Å²) in [7, 11) is 0. The van der Waals surface area contributed by atoms with Gasteiger partial charge in [0, 0.05) is 15.3 Å². The average Bonchev–Trinajstić information content (AvgIpc) is 3.37. The second-order valence-electron chi connectivity index (χ2n) is 9.58. The molecule has 1 aliphatic carbocycles. The Balaban J connectivity index is 1.46. The molecule has 0 bridgehead atoms. The third-order valence-electron chi connectivity index (χ3n) is 6.47.